The molecule has 2 fully saturated rings. The van der Waals surface area contributed by atoms with Crippen molar-refractivity contribution in [2.75, 3.05) is 38.5 Å². The van der Waals surface area contributed by atoms with E-state index in [1.165, 1.54) is 0 Å². The van der Waals surface area contributed by atoms with E-state index in [-0.39, 0.29) is 29.5 Å². The topological polar surface area (TPSA) is 83.5 Å². The number of likely N-dealkylation sites (tertiary alicyclic amines) is 1. The van der Waals surface area contributed by atoms with Gasteiger partial charge in [-0.1, -0.05) is 11.6 Å². The van der Waals surface area contributed by atoms with Gasteiger partial charge in [0.05, 0.1) is 16.6 Å². The van der Waals surface area contributed by atoms with Crippen LogP contribution in [-0.2, 0) is 6.54 Å². The molecule has 1 atom stereocenters. The average molecular weight is 598 g/mol. The molecule has 12 heteroatoms. The number of nitrogen functional groups attached to an aromatic ring is 1. The predicted molar refractivity (Wildman–Crippen MR) is 155 cm³/mol. The van der Waals surface area contributed by atoms with Crippen LogP contribution in [0.3, 0.4) is 0 Å². The van der Waals surface area contributed by atoms with E-state index in [0.29, 0.717) is 73.0 Å². The van der Waals surface area contributed by atoms with Crippen LogP contribution in [0.25, 0.3) is 22.4 Å². The highest BCUT2D eigenvalue weighted by Gasteiger charge is 2.33. The molecule has 2 aliphatic heterocycles. The number of amides is 2. The summed E-state index contributed by atoms with van der Waals surface area (Å²) in [4.78, 5) is 28.1. The van der Waals surface area contributed by atoms with Crippen LogP contribution in [0.15, 0.2) is 48.7 Å². The largest absolute Gasteiger partial charge is 0.384 e. The molecule has 0 bridgehead atoms. The molecule has 1 unspecified atom stereocenters. The van der Waals surface area contributed by atoms with Gasteiger partial charge in [0.25, 0.3) is 0 Å². The van der Waals surface area contributed by atoms with Crippen molar-refractivity contribution in [2.24, 2.45) is 0 Å². The summed E-state index contributed by atoms with van der Waals surface area (Å²) in [7, 11) is 0. The zero-order valence-electron chi connectivity index (χ0n) is 23.1. The molecule has 2 saturated heterocycles. The van der Waals surface area contributed by atoms with Crippen LogP contribution in [0.2, 0.25) is 5.02 Å². The summed E-state index contributed by atoms with van der Waals surface area (Å²) in [6.07, 6.45) is 2.84. The number of anilines is 1. The summed E-state index contributed by atoms with van der Waals surface area (Å²) >= 11 is 6.18. The first-order valence-electron chi connectivity index (χ1n) is 14.0. The van der Waals surface area contributed by atoms with Crippen molar-refractivity contribution in [3.8, 4) is 11.4 Å². The zero-order valence-corrected chi connectivity index (χ0v) is 23.9. The van der Waals surface area contributed by atoms with Gasteiger partial charge in [0.15, 0.2) is 0 Å². The van der Waals surface area contributed by atoms with E-state index in [1.807, 2.05) is 21.9 Å². The fourth-order valence-electron chi connectivity index (χ4n) is 6.12. The van der Waals surface area contributed by atoms with E-state index in [1.54, 1.807) is 29.0 Å². The summed E-state index contributed by atoms with van der Waals surface area (Å²) in [5.41, 5.74) is 7.69. The van der Waals surface area contributed by atoms with Gasteiger partial charge in [-0.3, -0.25) is 4.90 Å². The Kier molecular flexibility index (Phi) is 7.71. The molecule has 2 amide bonds. The van der Waals surface area contributed by atoms with E-state index >= 15 is 0 Å². The van der Waals surface area contributed by atoms with Crippen molar-refractivity contribution in [1.82, 2.24) is 29.2 Å². The van der Waals surface area contributed by atoms with Crippen molar-refractivity contribution in [1.29, 1.82) is 0 Å². The minimum atomic E-state index is -1.02. The molecule has 0 spiro atoms. The second-order valence-electron chi connectivity index (χ2n) is 11.0. The first kappa shape index (κ1) is 28.3. The lowest BCUT2D eigenvalue weighted by molar-refractivity contribution is 0.0712. The molecule has 0 aliphatic carbocycles. The van der Waals surface area contributed by atoms with Crippen LogP contribution in [0.1, 0.15) is 31.4 Å². The Bertz CT molecular complexity index is 1620. The maximum atomic E-state index is 14.9. The zero-order chi connectivity index (χ0) is 29.5. The normalized spacial score (nSPS) is 18.6. The smallest absolute Gasteiger partial charge is 0.320 e. The number of piperazine rings is 1. The first-order valence-corrected chi connectivity index (χ1v) is 14.4. The Morgan fingerprint density at radius 1 is 1.00 bits per heavy atom. The number of aromatic nitrogens is 3. The number of pyridine rings is 1. The number of piperidine rings is 1. The summed E-state index contributed by atoms with van der Waals surface area (Å²) in [6, 6.07) is 10.2. The fourth-order valence-corrected chi connectivity index (χ4v) is 6.29. The van der Waals surface area contributed by atoms with Crippen LogP contribution in [0.5, 0.6) is 0 Å². The third-order valence-corrected chi connectivity index (χ3v) is 8.48. The highest BCUT2D eigenvalue weighted by Crippen LogP contribution is 2.36. The van der Waals surface area contributed by atoms with Gasteiger partial charge in [0.2, 0.25) is 0 Å². The van der Waals surface area contributed by atoms with E-state index < -0.39 is 17.5 Å². The summed E-state index contributed by atoms with van der Waals surface area (Å²) in [6.45, 7) is 5.78. The number of halogens is 4. The Morgan fingerprint density at radius 3 is 2.43 bits per heavy atom. The summed E-state index contributed by atoms with van der Waals surface area (Å²) in [5.74, 6) is -2.48. The van der Waals surface area contributed by atoms with Gasteiger partial charge in [-0.2, -0.15) is 0 Å². The highest BCUT2D eigenvalue weighted by molar-refractivity contribution is 6.31. The third kappa shape index (κ3) is 5.50. The van der Waals surface area contributed by atoms with Crippen LogP contribution >= 0.6 is 11.6 Å². The number of nitrogens with two attached hydrogens (primary N) is 1. The lowest BCUT2D eigenvalue weighted by Crippen LogP contribution is -2.57. The SMILES string of the molecule is CC1CN(C(=O)N2CCC(n3c(-c4c(F)cc(F)cc4F)nc4cc(Cl)ccc43)CC2)CCN1Cc1ccnc(N)c1. The van der Waals surface area contributed by atoms with Crippen molar-refractivity contribution in [3.05, 3.63) is 76.7 Å². The van der Waals surface area contributed by atoms with Crippen LogP contribution in [0.4, 0.5) is 23.8 Å². The van der Waals surface area contributed by atoms with Crippen molar-refractivity contribution >= 4 is 34.5 Å². The van der Waals surface area contributed by atoms with Gasteiger partial charge in [0, 0.05) is 74.7 Å². The van der Waals surface area contributed by atoms with E-state index in [0.717, 1.165) is 18.7 Å². The van der Waals surface area contributed by atoms with Gasteiger partial charge in [-0.25, -0.2) is 27.9 Å². The maximum absolute atomic E-state index is 14.9. The van der Waals surface area contributed by atoms with E-state index in [4.69, 9.17) is 17.3 Å². The molecule has 4 heterocycles. The van der Waals surface area contributed by atoms with Gasteiger partial charge in [-0.05, 0) is 55.7 Å². The number of imidazole rings is 1. The quantitative estimate of drug-likeness (QED) is 0.326. The van der Waals surface area contributed by atoms with Gasteiger partial charge >= 0.3 is 6.03 Å². The van der Waals surface area contributed by atoms with Gasteiger partial charge in [-0.15, -0.1) is 0 Å². The predicted octanol–water partition coefficient (Wildman–Crippen LogP) is 5.71. The Morgan fingerprint density at radius 2 is 1.74 bits per heavy atom. The molecule has 2 N–H and O–H groups in total. The lowest BCUT2D eigenvalue weighted by atomic mass is 10.0. The van der Waals surface area contributed by atoms with Crippen LogP contribution < -0.4 is 5.73 Å². The van der Waals surface area contributed by atoms with Crippen molar-refractivity contribution < 1.29 is 18.0 Å². The number of nitrogens with zero attached hydrogens (tertiary/aromatic N) is 6. The molecule has 6 rings (SSSR count). The maximum Gasteiger partial charge on any atom is 0.320 e. The molecule has 4 aromatic rings. The minimum absolute atomic E-state index is 0.00813. The second kappa shape index (κ2) is 11.4. The number of carbonyl (C=O) groups excluding carboxylic acids is 1. The molecule has 8 nitrogen and oxygen atoms in total. The fraction of sp³-hybridized carbons (Fsp3) is 0.367. The third-order valence-electron chi connectivity index (χ3n) is 8.25. The molecule has 2 aromatic carbocycles. The molecule has 0 saturated carbocycles. The molecule has 2 aliphatic rings. The Balaban J connectivity index is 1.16. The van der Waals surface area contributed by atoms with E-state index in [9.17, 15) is 18.0 Å². The van der Waals surface area contributed by atoms with Crippen molar-refractivity contribution in [3.63, 3.8) is 0 Å². The number of carbonyl (C=O) groups is 1. The summed E-state index contributed by atoms with van der Waals surface area (Å²) in [5, 5.41) is 0.443. The van der Waals surface area contributed by atoms with Gasteiger partial charge < -0.3 is 20.1 Å². The molecular weight excluding hydrogens is 567 g/mol. The standard InChI is InChI=1S/C30H31ClF3N7O/c1-18-16-40(11-10-39(18)17-19-4-7-36-27(35)12-19)30(42)38-8-5-22(6-9-38)41-26-3-2-20(31)13-25(26)37-29(41)28-23(33)14-21(32)15-24(28)34/h2-4,7,12-15,18,22H,5-6,8-11,16-17H2,1H3,(H2,35,36). The van der Waals surface area contributed by atoms with Crippen LogP contribution in [-0.4, -0.2) is 74.0 Å². The number of fused-ring (bicyclic) bond motifs is 1. The minimum Gasteiger partial charge on any atom is -0.384 e. The number of urea groups is 1. The first-order chi connectivity index (χ1) is 20.2. The second-order valence-corrected chi connectivity index (χ2v) is 11.5. The number of benzene rings is 2. The monoisotopic (exact) mass is 597 g/mol. The molecule has 2 aromatic heterocycles. The molecule has 220 valence electrons. The molecule has 42 heavy (non-hydrogen) atoms. The number of rotatable bonds is 4. The van der Waals surface area contributed by atoms with Gasteiger partial charge in [0.1, 0.15) is 29.1 Å². The number of hydrogen-bond acceptors (Lipinski definition) is 5. The van der Waals surface area contributed by atoms with E-state index in [2.05, 4.69) is 21.8 Å². The lowest BCUT2D eigenvalue weighted by Gasteiger charge is -2.43. The Labute approximate surface area is 246 Å². The molecular formula is C30H31ClF3N7O. The summed E-state index contributed by atoms with van der Waals surface area (Å²) < 4.78 is 45.3. The highest BCUT2D eigenvalue weighted by atomic mass is 35.5. The van der Waals surface area contributed by atoms with Crippen molar-refractivity contribution in [2.45, 2.75) is 38.4 Å². The number of hydrogen-bond donors (Lipinski definition) is 1. The molecule has 0 radical (unpaired) electrons. The van der Waals surface area contributed by atoms with Crippen LogP contribution in [0, 0.1) is 17.5 Å². The Hall–Kier alpha value is -3.83. The average Bonchev–Trinajstić information content (AvgIpc) is 3.31.